The third-order valence-electron chi connectivity index (χ3n) is 1.99. The summed E-state index contributed by atoms with van der Waals surface area (Å²) in [6.45, 7) is 0. The van der Waals surface area contributed by atoms with Crippen molar-refractivity contribution in [1.29, 1.82) is 0 Å². The van der Waals surface area contributed by atoms with Crippen molar-refractivity contribution >= 4 is 19.6 Å². The molecule has 0 saturated carbocycles. The molecule has 0 unspecified atom stereocenters. The van der Waals surface area contributed by atoms with Crippen LogP contribution in [0.5, 0.6) is 0 Å². The van der Waals surface area contributed by atoms with E-state index in [1.165, 1.54) is 0 Å². The second-order valence-electron chi connectivity index (χ2n) is 2.93. The molecule has 0 spiro atoms. The Labute approximate surface area is 83.9 Å². The summed E-state index contributed by atoms with van der Waals surface area (Å²) in [7, 11) is 1.95. The lowest BCUT2D eigenvalue weighted by Crippen LogP contribution is -2.14. The summed E-state index contributed by atoms with van der Waals surface area (Å²) in [6.07, 6.45) is 3.55. The molecule has 14 heavy (non-hydrogen) atoms. The molecule has 0 amide bonds. The summed E-state index contributed by atoms with van der Waals surface area (Å²) < 4.78 is 0. The molecule has 2 aromatic heterocycles. The fraction of sp³-hybridized carbons (Fsp3) is 0. The van der Waals surface area contributed by atoms with Crippen LogP contribution < -0.4 is 4.81 Å². The predicted octanol–water partition coefficient (Wildman–Crippen LogP) is 1.16. The van der Waals surface area contributed by atoms with Crippen molar-refractivity contribution in [3.8, 4) is 0 Å². The maximum Gasteiger partial charge on any atom is 0.227 e. The van der Waals surface area contributed by atoms with E-state index in [4.69, 9.17) is 0 Å². The van der Waals surface area contributed by atoms with Crippen LogP contribution in [0.1, 0.15) is 0 Å². The second kappa shape index (κ2) is 3.92. The summed E-state index contributed by atoms with van der Waals surface area (Å²) in [5.41, 5.74) is 0. The van der Waals surface area contributed by atoms with Gasteiger partial charge in [0, 0.05) is 12.4 Å². The fourth-order valence-corrected chi connectivity index (χ4v) is 1.22. The van der Waals surface area contributed by atoms with E-state index >= 15 is 0 Å². The molecule has 4 heteroatoms. The molecule has 68 valence electrons. The number of pyridine rings is 2. The summed E-state index contributed by atoms with van der Waals surface area (Å²) in [5.74, 6) is 1.79. The Bertz CT molecular complexity index is 351. The summed E-state index contributed by atoms with van der Waals surface area (Å²) in [5, 5.41) is 0. The number of hydrogen-bond donors (Lipinski definition) is 0. The molecule has 2 aromatic rings. The second-order valence-corrected chi connectivity index (χ2v) is 2.93. The number of aromatic nitrogens is 2. The molecular formula is C10H10BN3. The highest BCUT2D eigenvalue weighted by molar-refractivity contribution is 6.21. The van der Waals surface area contributed by atoms with Gasteiger partial charge < -0.3 is 4.81 Å². The standard InChI is InChI=1S/C10H10BN3/c11-14(9-5-1-3-7-12-9)10-6-2-4-8-13-10/h1-8H,11H2. The summed E-state index contributed by atoms with van der Waals surface area (Å²) in [6, 6.07) is 11.6. The molecule has 2 rings (SSSR count). The van der Waals surface area contributed by atoms with Crippen LogP contribution in [-0.4, -0.2) is 17.9 Å². The van der Waals surface area contributed by atoms with E-state index in [1.807, 2.05) is 49.2 Å². The van der Waals surface area contributed by atoms with Crippen LogP contribution in [0, 0.1) is 0 Å². The average Bonchev–Trinajstić information content (AvgIpc) is 2.30. The minimum absolute atomic E-state index is 0.895. The third-order valence-corrected chi connectivity index (χ3v) is 1.99. The van der Waals surface area contributed by atoms with Crippen LogP contribution in [0.3, 0.4) is 0 Å². The van der Waals surface area contributed by atoms with Crippen molar-refractivity contribution in [2.24, 2.45) is 0 Å². The van der Waals surface area contributed by atoms with Gasteiger partial charge in [0.15, 0.2) is 0 Å². The topological polar surface area (TPSA) is 29.0 Å². The van der Waals surface area contributed by atoms with E-state index in [-0.39, 0.29) is 0 Å². The molecule has 2 heterocycles. The van der Waals surface area contributed by atoms with Crippen molar-refractivity contribution in [2.45, 2.75) is 0 Å². The number of hydrogen-bond acceptors (Lipinski definition) is 3. The first-order valence-corrected chi connectivity index (χ1v) is 4.44. The van der Waals surface area contributed by atoms with E-state index in [9.17, 15) is 0 Å². The monoisotopic (exact) mass is 183 g/mol. The quantitative estimate of drug-likeness (QED) is 0.654. The van der Waals surface area contributed by atoms with Gasteiger partial charge in [0.1, 0.15) is 11.6 Å². The highest BCUT2D eigenvalue weighted by atomic mass is 15.2. The number of nitrogens with zero attached hydrogens (tertiary/aromatic N) is 3. The van der Waals surface area contributed by atoms with Crippen LogP contribution in [0.25, 0.3) is 0 Å². The van der Waals surface area contributed by atoms with Crippen LogP contribution in [0.4, 0.5) is 11.6 Å². The molecule has 3 nitrogen and oxygen atoms in total. The molecule has 0 aliphatic rings. The zero-order chi connectivity index (χ0) is 9.80. The molecule has 0 atom stereocenters. The van der Waals surface area contributed by atoms with Gasteiger partial charge in [0.05, 0.1) is 0 Å². The largest absolute Gasteiger partial charge is 0.364 e. The summed E-state index contributed by atoms with van der Waals surface area (Å²) >= 11 is 0. The summed E-state index contributed by atoms with van der Waals surface area (Å²) in [4.78, 5) is 10.4. The molecule has 0 aromatic carbocycles. The molecule has 0 fully saturated rings. The molecule has 0 radical (unpaired) electrons. The zero-order valence-corrected chi connectivity index (χ0v) is 7.96. The van der Waals surface area contributed by atoms with E-state index < -0.39 is 0 Å². The maximum absolute atomic E-state index is 4.24. The highest BCUT2D eigenvalue weighted by Crippen LogP contribution is 2.16. The Morgan fingerprint density at radius 1 is 0.857 bits per heavy atom. The zero-order valence-electron chi connectivity index (χ0n) is 7.96. The molecule has 0 aliphatic carbocycles. The Morgan fingerprint density at radius 3 is 1.71 bits per heavy atom. The molecule has 0 saturated heterocycles. The Hall–Kier alpha value is -1.84. The van der Waals surface area contributed by atoms with Gasteiger partial charge in [-0.2, -0.15) is 0 Å². The van der Waals surface area contributed by atoms with E-state index in [0.717, 1.165) is 11.6 Å². The van der Waals surface area contributed by atoms with E-state index in [1.54, 1.807) is 12.4 Å². The van der Waals surface area contributed by atoms with Crippen LogP contribution in [0.15, 0.2) is 48.8 Å². The lowest BCUT2D eigenvalue weighted by molar-refractivity contribution is 1.18. The SMILES string of the molecule is BN(c1ccccn1)c1ccccn1. The van der Waals surface area contributed by atoms with Crippen molar-refractivity contribution in [1.82, 2.24) is 9.97 Å². The predicted molar refractivity (Wildman–Crippen MR) is 59.2 cm³/mol. The van der Waals surface area contributed by atoms with Gasteiger partial charge in [0.2, 0.25) is 7.98 Å². The molecule has 0 bridgehead atoms. The van der Waals surface area contributed by atoms with Crippen molar-refractivity contribution in [3.05, 3.63) is 48.8 Å². The van der Waals surface area contributed by atoms with Gasteiger partial charge in [-0.25, -0.2) is 9.97 Å². The number of rotatable bonds is 2. The van der Waals surface area contributed by atoms with Crippen molar-refractivity contribution in [3.63, 3.8) is 0 Å². The first kappa shape index (κ1) is 8.75. The van der Waals surface area contributed by atoms with Crippen molar-refractivity contribution in [2.75, 3.05) is 4.81 Å². The van der Waals surface area contributed by atoms with Gasteiger partial charge in [-0.3, -0.25) is 0 Å². The number of anilines is 2. The Balaban J connectivity index is 2.30. The van der Waals surface area contributed by atoms with Crippen LogP contribution in [-0.2, 0) is 0 Å². The fourth-order valence-electron chi connectivity index (χ4n) is 1.22. The van der Waals surface area contributed by atoms with Gasteiger partial charge in [-0.15, -0.1) is 0 Å². The normalized spacial score (nSPS) is 9.71. The smallest absolute Gasteiger partial charge is 0.227 e. The van der Waals surface area contributed by atoms with Gasteiger partial charge >= 0.3 is 0 Å². The highest BCUT2D eigenvalue weighted by Gasteiger charge is 2.03. The minimum atomic E-state index is 0.895. The van der Waals surface area contributed by atoms with E-state index in [0.29, 0.717) is 0 Å². The third kappa shape index (κ3) is 1.74. The maximum atomic E-state index is 4.24. The average molecular weight is 183 g/mol. The molecule has 0 aliphatic heterocycles. The van der Waals surface area contributed by atoms with Crippen molar-refractivity contribution < 1.29 is 0 Å². The Morgan fingerprint density at radius 2 is 1.36 bits per heavy atom. The first-order chi connectivity index (χ1) is 6.88. The van der Waals surface area contributed by atoms with Gasteiger partial charge in [-0.05, 0) is 24.3 Å². The lowest BCUT2D eigenvalue weighted by Gasteiger charge is -2.16. The lowest BCUT2D eigenvalue weighted by atomic mass is 10.2. The van der Waals surface area contributed by atoms with E-state index in [2.05, 4.69) is 9.97 Å². The molecule has 0 N–H and O–H groups in total. The van der Waals surface area contributed by atoms with Gasteiger partial charge in [-0.1, -0.05) is 12.1 Å². The van der Waals surface area contributed by atoms with Crippen LogP contribution in [0.2, 0.25) is 0 Å². The molecular weight excluding hydrogens is 173 g/mol. The van der Waals surface area contributed by atoms with Gasteiger partial charge in [0.25, 0.3) is 0 Å². The Kier molecular flexibility index (Phi) is 2.45. The first-order valence-electron chi connectivity index (χ1n) is 4.44. The van der Waals surface area contributed by atoms with Crippen LogP contribution >= 0.6 is 0 Å². The minimum Gasteiger partial charge on any atom is -0.364 e.